The monoisotopic (exact) mass is 448 g/mol. The lowest BCUT2D eigenvalue weighted by Crippen LogP contribution is -2.39. The molecule has 3 aromatic rings. The molecule has 2 aromatic heterocycles. The molecule has 33 heavy (non-hydrogen) atoms. The smallest absolute Gasteiger partial charge is 0.260 e. The van der Waals surface area contributed by atoms with Crippen molar-refractivity contribution in [1.29, 1.82) is 0 Å². The van der Waals surface area contributed by atoms with Crippen molar-refractivity contribution in [2.45, 2.75) is 51.6 Å². The molecule has 1 aliphatic rings. The summed E-state index contributed by atoms with van der Waals surface area (Å²) in [4.78, 5) is 25.8. The van der Waals surface area contributed by atoms with Gasteiger partial charge in [-0.05, 0) is 87.4 Å². The summed E-state index contributed by atoms with van der Waals surface area (Å²) in [6, 6.07) is 9.67. The van der Waals surface area contributed by atoms with E-state index in [0.717, 1.165) is 48.3 Å². The molecule has 1 aliphatic carbocycles. The molecule has 2 heterocycles. The summed E-state index contributed by atoms with van der Waals surface area (Å²) in [6.07, 6.45) is 8.96. The van der Waals surface area contributed by atoms with Gasteiger partial charge >= 0.3 is 0 Å². The van der Waals surface area contributed by atoms with E-state index in [1.165, 1.54) is 24.3 Å². The molecule has 1 atom stereocenters. The van der Waals surface area contributed by atoms with Crippen molar-refractivity contribution in [1.82, 2.24) is 20.3 Å². The van der Waals surface area contributed by atoms with E-state index in [2.05, 4.69) is 15.3 Å². The number of aryl methyl sites for hydroxylation is 1. The van der Waals surface area contributed by atoms with Crippen LogP contribution in [0.25, 0.3) is 11.1 Å². The Balaban J connectivity index is 1.30. The minimum atomic E-state index is -0.640. The van der Waals surface area contributed by atoms with Crippen LogP contribution in [-0.2, 0) is 4.79 Å². The number of carbonyl (C=O) groups is 1. The number of nitrogens with zero attached hydrogens (tertiary/aromatic N) is 3. The van der Waals surface area contributed by atoms with E-state index < -0.39 is 6.10 Å². The molecule has 4 rings (SSSR count). The van der Waals surface area contributed by atoms with Crippen molar-refractivity contribution in [3.8, 4) is 16.9 Å². The zero-order valence-electron chi connectivity index (χ0n) is 19.0. The van der Waals surface area contributed by atoms with Crippen LogP contribution in [0.5, 0.6) is 5.75 Å². The van der Waals surface area contributed by atoms with Gasteiger partial charge in [0.15, 0.2) is 6.10 Å². The summed E-state index contributed by atoms with van der Waals surface area (Å²) in [7, 11) is 0. The predicted molar refractivity (Wildman–Crippen MR) is 124 cm³/mol. The van der Waals surface area contributed by atoms with E-state index >= 15 is 0 Å². The number of amides is 1. The van der Waals surface area contributed by atoms with Crippen molar-refractivity contribution >= 4 is 5.91 Å². The number of halogens is 1. The molecule has 0 aliphatic heterocycles. The lowest BCUT2D eigenvalue weighted by atomic mass is 9.79. The number of benzene rings is 1. The lowest BCUT2D eigenvalue weighted by Gasteiger charge is -2.29. The largest absolute Gasteiger partial charge is 0.481 e. The number of aromatic nitrogens is 3. The number of pyridine rings is 1. The summed E-state index contributed by atoms with van der Waals surface area (Å²) in [5.41, 5.74) is 3.27. The van der Waals surface area contributed by atoms with Gasteiger partial charge in [0, 0.05) is 36.6 Å². The van der Waals surface area contributed by atoms with Crippen molar-refractivity contribution in [2.24, 2.45) is 5.92 Å². The quantitative estimate of drug-likeness (QED) is 0.559. The first-order chi connectivity index (χ1) is 16.0. The maximum Gasteiger partial charge on any atom is 0.260 e. The predicted octanol–water partition coefficient (Wildman–Crippen LogP) is 4.84. The van der Waals surface area contributed by atoms with Crippen LogP contribution in [0.2, 0.25) is 0 Å². The van der Waals surface area contributed by atoms with Crippen LogP contribution in [0.3, 0.4) is 0 Å². The van der Waals surface area contributed by atoms with E-state index in [-0.39, 0.29) is 11.7 Å². The number of carbonyl (C=O) groups excluding carboxylic acids is 1. The van der Waals surface area contributed by atoms with Crippen LogP contribution in [0.4, 0.5) is 4.39 Å². The molecule has 1 aromatic carbocycles. The first kappa shape index (κ1) is 22.8. The van der Waals surface area contributed by atoms with Crippen molar-refractivity contribution < 1.29 is 13.9 Å². The van der Waals surface area contributed by atoms with Crippen molar-refractivity contribution in [3.05, 3.63) is 72.3 Å². The highest BCUT2D eigenvalue weighted by Gasteiger charge is 2.27. The van der Waals surface area contributed by atoms with E-state index in [1.54, 1.807) is 19.3 Å². The molecule has 0 saturated heterocycles. The Morgan fingerprint density at radius 2 is 1.82 bits per heavy atom. The Kier molecular flexibility index (Phi) is 7.27. The summed E-state index contributed by atoms with van der Waals surface area (Å²) in [6.45, 7) is 4.26. The fourth-order valence-corrected chi connectivity index (χ4v) is 4.35. The normalized spacial score (nSPS) is 19.0. The second kappa shape index (κ2) is 10.5. The third kappa shape index (κ3) is 5.92. The number of rotatable bonds is 7. The third-order valence-corrected chi connectivity index (χ3v) is 6.22. The number of nitrogens with one attached hydrogen (secondary N) is 1. The molecule has 0 radical (unpaired) electrons. The molecule has 7 heteroatoms. The Bertz CT molecular complexity index is 1070. The molecule has 0 bridgehead atoms. The minimum absolute atomic E-state index is 0.159. The summed E-state index contributed by atoms with van der Waals surface area (Å²) < 4.78 is 18.6. The molecular weight excluding hydrogens is 419 g/mol. The van der Waals surface area contributed by atoms with Gasteiger partial charge in [0.1, 0.15) is 17.4 Å². The van der Waals surface area contributed by atoms with Gasteiger partial charge in [-0.2, -0.15) is 0 Å². The Morgan fingerprint density at radius 3 is 2.52 bits per heavy atom. The van der Waals surface area contributed by atoms with Crippen LogP contribution in [0.1, 0.15) is 50.0 Å². The second-order valence-electron chi connectivity index (χ2n) is 8.63. The number of hydrogen-bond acceptors (Lipinski definition) is 5. The van der Waals surface area contributed by atoms with Crippen molar-refractivity contribution in [2.75, 3.05) is 6.54 Å². The fraction of sp³-hybridized carbons (Fsp3) is 0.385. The van der Waals surface area contributed by atoms with Gasteiger partial charge in [0.2, 0.25) is 0 Å². The van der Waals surface area contributed by atoms with Gasteiger partial charge in [-0.25, -0.2) is 14.4 Å². The van der Waals surface area contributed by atoms with Gasteiger partial charge in [-0.3, -0.25) is 9.78 Å². The fourth-order valence-electron chi connectivity index (χ4n) is 4.35. The number of ether oxygens (including phenoxy) is 1. The maximum atomic E-state index is 13.0. The highest BCUT2D eigenvalue weighted by molar-refractivity contribution is 5.80. The topological polar surface area (TPSA) is 77.0 Å². The first-order valence-electron chi connectivity index (χ1n) is 11.4. The van der Waals surface area contributed by atoms with Crippen LogP contribution in [-0.4, -0.2) is 33.5 Å². The Morgan fingerprint density at radius 1 is 1.12 bits per heavy atom. The zero-order valence-corrected chi connectivity index (χ0v) is 19.0. The van der Waals surface area contributed by atoms with Gasteiger partial charge in [-0.15, -0.1) is 0 Å². The molecule has 1 fully saturated rings. The van der Waals surface area contributed by atoms with Crippen LogP contribution < -0.4 is 10.1 Å². The molecule has 1 unspecified atom stereocenters. The zero-order chi connectivity index (χ0) is 23.2. The highest BCUT2D eigenvalue weighted by atomic mass is 19.1. The molecule has 172 valence electrons. The van der Waals surface area contributed by atoms with Crippen molar-refractivity contribution in [3.63, 3.8) is 0 Å². The third-order valence-electron chi connectivity index (χ3n) is 6.22. The summed E-state index contributed by atoms with van der Waals surface area (Å²) >= 11 is 0. The van der Waals surface area contributed by atoms with Crippen LogP contribution in [0.15, 0.2) is 55.0 Å². The first-order valence-corrected chi connectivity index (χ1v) is 11.4. The van der Waals surface area contributed by atoms with E-state index in [1.807, 2.05) is 25.3 Å². The van der Waals surface area contributed by atoms with Gasteiger partial charge in [-0.1, -0.05) is 0 Å². The lowest BCUT2D eigenvalue weighted by molar-refractivity contribution is -0.127. The summed E-state index contributed by atoms with van der Waals surface area (Å²) in [5, 5.41) is 3.01. The number of hydrogen-bond donors (Lipinski definition) is 1. The molecule has 6 nitrogen and oxygen atoms in total. The van der Waals surface area contributed by atoms with E-state index in [4.69, 9.17) is 9.72 Å². The molecule has 1 N–H and O–H groups in total. The van der Waals surface area contributed by atoms with Gasteiger partial charge in [0.05, 0.1) is 5.69 Å². The maximum absolute atomic E-state index is 13.0. The average Bonchev–Trinajstić information content (AvgIpc) is 2.84. The SMILES string of the molecule is Cc1ncc(-c2ccncc2)c(C2CCC(CNC(=O)C(C)Oc3ccc(F)cc3)CC2)n1. The highest BCUT2D eigenvalue weighted by Crippen LogP contribution is 2.38. The minimum Gasteiger partial charge on any atom is -0.481 e. The summed E-state index contributed by atoms with van der Waals surface area (Å²) in [5.74, 6) is 1.57. The second-order valence-corrected chi connectivity index (χ2v) is 8.63. The van der Waals surface area contributed by atoms with E-state index in [0.29, 0.717) is 24.1 Å². The van der Waals surface area contributed by atoms with Gasteiger partial charge in [0.25, 0.3) is 5.91 Å². The van der Waals surface area contributed by atoms with Gasteiger partial charge < -0.3 is 10.1 Å². The average molecular weight is 449 g/mol. The molecule has 1 saturated carbocycles. The molecule has 0 spiro atoms. The Labute approximate surface area is 193 Å². The molecular formula is C26H29FN4O2. The van der Waals surface area contributed by atoms with Crippen LogP contribution in [0, 0.1) is 18.7 Å². The standard InChI is InChI=1S/C26H29FN4O2/c1-17(33-23-9-7-22(27)8-10-23)26(32)30-15-19-3-5-21(6-4-19)25-24(16-29-18(2)31-25)20-11-13-28-14-12-20/h7-14,16-17,19,21H,3-6,15H2,1-2H3,(H,30,32). The van der Waals surface area contributed by atoms with Crippen LogP contribution >= 0.6 is 0 Å². The Hall–Kier alpha value is -3.35. The van der Waals surface area contributed by atoms with E-state index in [9.17, 15) is 9.18 Å². The molecule has 1 amide bonds.